The van der Waals surface area contributed by atoms with Crippen LogP contribution in [0.3, 0.4) is 0 Å². The smallest absolute Gasteiger partial charge is 0.294 e. The normalized spacial score (nSPS) is 16.3. The summed E-state index contributed by atoms with van der Waals surface area (Å²) in [7, 11) is 6.87. The fourth-order valence-corrected chi connectivity index (χ4v) is 6.76. The third-order valence-corrected chi connectivity index (χ3v) is 9.52. The van der Waals surface area contributed by atoms with Gasteiger partial charge in [0.1, 0.15) is 22.1 Å². The van der Waals surface area contributed by atoms with E-state index in [4.69, 9.17) is 14.2 Å². The van der Waals surface area contributed by atoms with E-state index in [0.717, 1.165) is 57.7 Å². The Morgan fingerprint density at radius 1 is 0.891 bits per heavy atom. The number of ether oxygens (including phenoxy) is 3. The van der Waals surface area contributed by atoms with Crippen molar-refractivity contribution in [2.45, 2.75) is 18.9 Å². The minimum atomic E-state index is -0.347. The zero-order valence-electron chi connectivity index (χ0n) is 26.3. The van der Waals surface area contributed by atoms with Gasteiger partial charge >= 0.3 is 0 Å². The predicted octanol–water partition coefficient (Wildman–Crippen LogP) is 4.56. The lowest BCUT2D eigenvalue weighted by Crippen LogP contribution is -2.52. The molecule has 15 heteroatoms. The van der Waals surface area contributed by atoms with Gasteiger partial charge < -0.3 is 29.3 Å². The first-order valence-electron chi connectivity index (χ1n) is 15.1. The molecule has 0 aliphatic carbocycles. The van der Waals surface area contributed by atoms with Crippen LogP contribution in [0, 0.1) is 10.1 Å². The summed E-state index contributed by atoms with van der Waals surface area (Å²) in [5, 5.41) is 25.4. The Labute approximate surface area is 271 Å². The van der Waals surface area contributed by atoms with Gasteiger partial charge in [-0.25, -0.2) is 9.97 Å². The number of nitro benzene ring substituents is 1. The van der Waals surface area contributed by atoms with Crippen molar-refractivity contribution < 1.29 is 19.1 Å². The molecule has 4 aromatic rings. The molecule has 46 heavy (non-hydrogen) atoms. The lowest BCUT2D eigenvalue weighted by Gasteiger charge is -2.42. The molecule has 2 aromatic carbocycles. The molecule has 2 aromatic heterocycles. The highest BCUT2D eigenvalue weighted by molar-refractivity contribution is 7.17. The highest BCUT2D eigenvalue weighted by Crippen LogP contribution is 2.41. The van der Waals surface area contributed by atoms with E-state index in [9.17, 15) is 10.1 Å². The second-order valence-electron chi connectivity index (χ2n) is 11.2. The molecule has 0 unspecified atom stereocenters. The Morgan fingerprint density at radius 2 is 1.61 bits per heavy atom. The van der Waals surface area contributed by atoms with E-state index in [-0.39, 0.29) is 16.6 Å². The largest absolute Gasteiger partial charge is 0.494 e. The van der Waals surface area contributed by atoms with Gasteiger partial charge in [0.2, 0.25) is 5.95 Å². The average Bonchev–Trinajstić information content (AvgIpc) is 3.59. The number of anilines is 3. The maximum atomic E-state index is 12.3. The van der Waals surface area contributed by atoms with E-state index in [1.54, 1.807) is 39.7 Å². The van der Waals surface area contributed by atoms with Crippen LogP contribution in [0.15, 0.2) is 42.6 Å². The molecule has 0 atom stereocenters. The third kappa shape index (κ3) is 6.66. The van der Waals surface area contributed by atoms with Crippen LogP contribution in [0.5, 0.6) is 17.2 Å². The number of rotatable bonds is 10. The maximum absolute atomic E-state index is 12.3. The molecule has 2 aliphatic rings. The van der Waals surface area contributed by atoms with Crippen molar-refractivity contribution in [2.24, 2.45) is 0 Å². The van der Waals surface area contributed by atoms with Crippen molar-refractivity contribution in [2.75, 3.05) is 77.9 Å². The van der Waals surface area contributed by atoms with Gasteiger partial charge in [-0.15, -0.1) is 10.2 Å². The number of nitrogens with one attached hydrogen (secondary N) is 1. The number of nitrogens with zero attached hydrogens (tertiary/aromatic N) is 8. The molecule has 0 saturated carbocycles. The molecule has 2 saturated heterocycles. The van der Waals surface area contributed by atoms with E-state index >= 15 is 0 Å². The first-order chi connectivity index (χ1) is 22.4. The second-order valence-corrected chi connectivity index (χ2v) is 12.2. The lowest BCUT2D eigenvalue weighted by atomic mass is 10.0. The number of likely N-dealkylation sites (N-methyl/N-ethyl adjacent to an activating group) is 1. The number of piperazine rings is 1. The molecule has 0 amide bonds. The Kier molecular flexibility index (Phi) is 9.42. The molecule has 0 bridgehead atoms. The molecular formula is C31H37N9O5S. The Morgan fingerprint density at radius 3 is 2.30 bits per heavy atom. The van der Waals surface area contributed by atoms with Crippen LogP contribution in [0.1, 0.15) is 12.8 Å². The van der Waals surface area contributed by atoms with Gasteiger partial charge in [0.25, 0.3) is 5.69 Å². The minimum Gasteiger partial charge on any atom is -0.494 e. The van der Waals surface area contributed by atoms with E-state index in [0.29, 0.717) is 50.4 Å². The molecule has 6 rings (SSSR count). The van der Waals surface area contributed by atoms with Crippen LogP contribution in [0.25, 0.3) is 21.3 Å². The Hall–Kier alpha value is -4.60. The summed E-state index contributed by atoms with van der Waals surface area (Å²) >= 11 is 1.37. The van der Waals surface area contributed by atoms with E-state index in [2.05, 4.69) is 47.2 Å². The highest BCUT2D eigenvalue weighted by Gasteiger charge is 2.30. The zero-order valence-corrected chi connectivity index (χ0v) is 27.1. The number of piperidine rings is 1. The second kappa shape index (κ2) is 13.8. The molecule has 14 nitrogen and oxygen atoms in total. The fraction of sp³-hybridized carbons (Fsp3) is 0.419. The molecule has 0 spiro atoms. The summed E-state index contributed by atoms with van der Waals surface area (Å²) in [4.78, 5) is 27.9. The maximum Gasteiger partial charge on any atom is 0.294 e. The van der Waals surface area contributed by atoms with Crippen LogP contribution in [0.2, 0.25) is 0 Å². The number of hydrogen-bond acceptors (Lipinski definition) is 14. The quantitative estimate of drug-likeness (QED) is 0.190. The van der Waals surface area contributed by atoms with Crippen LogP contribution in [-0.4, -0.2) is 109 Å². The predicted molar refractivity (Wildman–Crippen MR) is 177 cm³/mol. The summed E-state index contributed by atoms with van der Waals surface area (Å²) < 4.78 is 16.4. The summed E-state index contributed by atoms with van der Waals surface area (Å²) in [6, 6.07) is 11.0. The van der Waals surface area contributed by atoms with Gasteiger partial charge in [-0.1, -0.05) is 11.3 Å². The van der Waals surface area contributed by atoms with Gasteiger partial charge in [0.05, 0.1) is 31.9 Å². The van der Waals surface area contributed by atoms with Crippen molar-refractivity contribution in [3.8, 4) is 38.5 Å². The van der Waals surface area contributed by atoms with Gasteiger partial charge in [0.15, 0.2) is 16.5 Å². The van der Waals surface area contributed by atoms with Crippen LogP contribution in [-0.2, 0) is 0 Å². The number of hydrogen-bond donors (Lipinski definition) is 1. The first-order valence-corrected chi connectivity index (χ1v) is 15.9. The summed E-state index contributed by atoms with van der Waals surface area (Å²) in [5.74, 6) is 1.92. The highest BCUT2D eigenvalue weighted by atomic mass is 32.1. The Bertz CT molecular complexity index is 1690. The van der Waals surface area contributed by atoms with Gasteiger partial charge in [-0.3, -0.25) is 15.0 Å². The van der Waals surface area contributed by atoms with Crippen LogP contribution < -0.4 is 24.4 Å². The third-order valence-electron chi connectivity index (χ3n) is 8.53. The zero-order chi connectivity index (χ0) is 32.2. The average molecular weight is 648 g/mol. The molecule has 1 N–H and O–H groups in total. The van der Waals surface area contributed by atoms with Crippen molar-refractivity contribution in [1.82, 2.24) is 30.0 Å². The van der Waals surface area contributed by atoms with E-state index in [1.165, 1.54) is 17.4 Å². The first kappa shape index (κ1) is 31.4. The SMILES string of the molecule is COc1cc(N2CCC(N3CCN(C)CC3)CC2)c([N+](=O)[O-])cc1Nc1nccc(-c2nnc(-c3ccc(OC)c(OC)c3)s2)n1. The van der Waals surface area contributed by atoms with Crippen molar-refractivity contribution >= 4 is 34.3 Å². The van der Waals surface area contributed by atoms with Crippen LogP contribution in [0.4, 0.5) is 23.0 Å². The standard InChI is InChI=1S/C31H37N9O5S/c1-37-13-15-38(16-14-37)21-8-11-39(12-9-21)24-19-27(44-3)23(18-25(24)40(41)42)34-31-32-10-7-22(33-31)30-36-35-29(46-30)20-5-6-26(43-2)28(17-20)45-4/h5-7,10,17-19,21H,8-9,11-16H2,1-4H3,(H,32,33,34). The Balaban J connectivity index is 1.20. The topological polar surface area (TPSA) is 144 Å². The molecule has 4 heterocycles. The van der Waals surface area contributed by atoms with Crippen molar-refractivity contribution in [3.05, 3.63) is 52.7 Å². The van der Waals surface area contributed by atoms with Crippen LogP contribution >= 0.6 is 11.3 Å². The number of benzene rings is 2. The summed E-state index contributed by atoms with van der Waals surface area (Å²) in [6.45, 7) is 5.77. The summed E-state index contributed by atoms with van der Waals surface area (Å²) in [6.07, 6.45) is 3.52. The van der Waals surface area contributed by atoms with Crippen molar-refractivity contribution in [1.29, 1.82) is 0 Å². The van der Waals surface area contributed by atoms with E-state index < -0.39 is 0 Å². The number of nitro groups is 1. The van der Waals surface area contributed by atoms with Gasteiger partial charge in [-0.05, 0) is 44.2 Å². The molecular weight excluding hydrogens is 610 g/mol. The molecule has 0 radical (unpaired) electrons. The minimum absolute atomic E-state index is 0.00110. The fourth-order valence-electron chi connectivity index (χ4n) is 5.95. The monoisotopic (exact) mass is 647 g/mol. The molecule has 2 fully saturated rings. The lowest BCUT2D eigenvalue weighted by molar-refractivity contribution is -0.384. The number of aromatic nitrogens is 4. The number of methoxy groups -OCH3 is 3. The van der Waals surface area contributed by atoms with Gasteiger partial charge in [-0.2, -0.15) is 0 Å². The molecule has 242 valence electrons. The van der Waals surface area contributed by atoms with E-state index in [1.807, 2.05) is 18.2 Å². The van der Waals surface area contributed by atoms with Gasteiger partial charge in [0, 0.05) is 69.2 Å². The van der Waals surface area contributed by atoms with Crippen molar-refractivity contribution in [3.63, 3.8) is 0 Å². The molecule has 2 aliphatic heterocycles. The summed E-state index contributed by atoms with van der Waals surface area (Å²) in [5.41, 5.74) is 2.33.